The molecule has 23 heavy (non-hydrogen) atoms. The van der Waals surface area contributed by atoms with E-state index in [2.05, 4.69) is 17.3 Å². The molecule has 2 aliphatic rings. The van der Waals surface area contributed by atoms with Gasteiger partial charge in [0, 0.05) is 17.1 Å². The summed E-state index contributed by atoms with van der Waals surface area (Å²) in [5, 5.41) is 12.5. The van der Waals surface area contributed by atoms with E-state index in [1.165, 1.54) is 12.8 Å². The van der Waals surface area contributed by atoms with Crippen LogP contribution in [0.4, 0.5) is 0 Å². The van der Waals surface area contributed by atoms with Crippen molar-refractivity contribution >= 4 is 17.5 Å². The van der Waals surface area contributed by atoms with Gasteiger partial charge in [-0.25, -0.2) is 0 Å². The Morgan fingerprint density at radius 2 is 1.96 bits per heavy atom. The Morgan fingerprint density at radius 3 is 2.52 bits per heavy atom. The molecular weight excluding hydrogens is 310 g/mol. The van der Waals surface area contributed by atoms with Crippen molar-refractivity contribution in [2.24, 2.45) is 5.92 Å². The van der Waals surface area contributed by atoms with Crippen LogP contribution in [0.3, 0.4) is 0 Å². The van der Waals surface area contributed by atoms with Gasteiger partial charge in [0.1, 0.15) is 6.42 Å². The van der Waals surface area contributed by atoms with E-state index in [4.69, 9.17) is 16.9 Å². The minimum absolute atomic E-state index is 0.0371. The molecule has 0 spiro atoms. The molecule has 2 aliphatic heterocycles. The lowest BCUT2D eigenvalue weighted by molar-refractivity contribution is -0.121. The van der Waals surface area contributed by atoms with Gasteiger partial charge in [-0.3, -0.25) is 4.79 Å². The predicted octanol–water partition coefficient (Wildman–Crippen LogP) is 3.28. The molecule has 1 N–H and O–H groups in total. The van der Waals surface area contributed by atoms with Crippen LogP contribution in [0.25, 0.3) is 0 Å². The Bertz CT molecular complexity index is 596. The maximum atomic E-state index is 12.0. The summed E-state index contributed by atoms with van der Waals surface area (Å²) >= 11 is 6.00. The smallest absolute Gasteiger partial charge is 0.234 e. The molecule has 2 heterocycles. The van der Waals surface area contributed by atoms with Crippen molar-refractivity contribution in [3.8, 4) is 6.07 Å². The Kier molecular flexibility index (Phi) is 4.89. The van der Waals surface area contributed by atoms with Crippen LogP contribution in [0.15, 0.2) is 24.3 Å². The number of nitrogens with one attached hydrogen (secondary N) is 1. The predicted molar refractivity (Wildman–Crippen MR) is 89.9 cm³/mol. The highest BCUT2D eigenvalue weighted by atomic mass is 35.5. The van der Waals surface area contributed by atoms with Gasteiger partial charge in [-0.05, 0) is 56.3 Å². The fraction of sp³-hybridized carbons (Fsp3) is 0.556. The molecule has 4 nitrogen and oxygen atoms in total. The third-order valence-corrected chi connectivity index (χ3v) is 5.64. The molecule has 2 saturated heterocycles. The molecule has 2 bridgehead atoms. The molecule has 5 heteroatoms. The van der Waals surface area contributed by atoms with Crippen LogP contribution in [0, 0.1) is 17.2 Å². The lowest BCUT2D eigenvalue weighted by Gasteiger charge is -2.40. The molecule has 0 radical (unpaired) electrons. The molecule has 0 unspecified atom stereocenters. The van der Waals surface area contributed by atoms with Crippen LogP contribution in [0.5, 0.6) is 0 Å². The number of carbonyl (C=O) groups excluding carboxylic acids is 1. The zero-order valence-electron chi connectivity index (χ0n) is 13.3. The van der Waals surface area contributed by atoms with Gasteiger partial charge in [-0.2, -0.15) is 5.26 Å². The summed E-state index contributed by atoms with van der Waals surface area (Å²) in [7, 11) is 2.21. The Balaban J connectivity index is 1.82. The largest absolute Gasteiger partial charge is 0.348 e. The molecule has 0 saturated carbocycles. The average Bonchev–Trinajstić information content (AvgIpc) is 2.75. The highest BCUT2D eigenvalue weighted by Crippen LogP contribution is 2.42. The second kappa shape index (κ2) is 6.90. The highest BCUT2D eigenvalue weighted by Gasteiger charge is 2.41. The van der Waals surface area contributed by atoms with Crippen molar-refractivity contribution < 1.29 is 4.79 Å². The van der Waals surface area contributed by atoms with Crippen LogP contribution in [-0.4, -0.2) is 29.9 Å². The molecule has 3 atom stereocenters. The number of hydrogen-bond acceptors (Lipinski definition) is 3. The summed E-state index contributed by atoms with van der Waals surface area (Å²) in [6, 6.07) is 10.8. The lowest BCUT2D eigenvalue weighted by atomic mass is 9.82. The van der Waals surface area contributed by atoms with Crippen LogP contribution in [0.1, 0.15) is 43.7 Å². The van der Waals surface area contributed by atoms with Gasteiger partial charge in [0.2, 0.25) is 5.91 Å². The van der Waals surface area contributed by atoms with E-state index in [0.29, 0.717) is 23.0 Å². The van der Waals surface area contributed by atoms with E-state index in [9.17, 15) is 4.79 Å². The van der Waals surface area contributed by atoms with Crippen LogP contribution < -0.4 is 5.32 Å². The Morgan fingerprint density at radius 1 is 1.35 bits per heavy atom. The minimum Gasteiger partial charge on any atom is -0.348 e. The molecule has 3 rings (SSSR count). The van der Waals surface area contributed by atoms with Crippen molar-refractivity contribution in [2.75, 3.05) is 7.05 Å². The van der Waals surface area contributed by atoms with Crippen molar-refractivity contribution in [2.45, 2.75) is 50.2 Å². The molecule has 1 amide bonds. The van der Waals surface area contributed by atoms with E-state index in [0.717, 1.165) is 18.4 Å². The van der Waals surface area contributed by atoms with E-state index < -0.39 is 0 Å². The summed E-state index contributed by atoms with van der Waals surface area (Å²) in [6.07, 6.45) is 4.58. The number of amides is 1. The average molecular weight is 332 g/mol. The van der Waals surface area contributed by atoms with E-state index in [1.807, 2.05) is 30.3 Å². The molecule has 122 valence electrons. The number of carbonyl (C=O) groups is 1. The number of rotatable bonds is 4. The van der Waals surface area contributed by atoms with Gasteiger partial charge in [-0.15, -0.1) is 0 Å². The molecule has 2 fully saturated rings. The highest BCUT2D eigenvalue weighted by molar-refractivity contribution is 6.30. The maximum absolute atomic E-state index is 12.0. The minimum atomic E-state index is -0.196. The number of nitriles is 1. The first-order valence-electron chi connectivity index (χ1n) is 8.22. The van der Waals surface area contributed by atoms with Gasteiger partial charge in [-0.1, -0.05) is 23.7 Å². The third-order valence-electron chi connectivity index (χ3n) is 5.39. The molecule has 0 aromatic heterocycles. The normalized spacial score (nSPS) is 28.1. The van der Waals surface area contributed by atoms with Gasteiger partial charge < -0.3 is 10.2 Å². The van der Waals surface area contributed by atoms with Crippen molar-refractivity contribution in [1.82, 2.24) is 10.2 Å². The zero-order chi connectivity index (χ0) is 16.4. The summed E-state index contributed by atoms with van der Waals surface area (Å²) in [5.74, 6) is 0.214. The first-order chi connectivity index (χ1) is 11.1. The maximum Gasteiger partial charge on any atom is 0.234 e. The van der Waals surface area contributed by atoms with Crippen LogP contribution >= 0.6 is 11.6 Å². The lowest BCUT2D eigenvalue weighted by Crippen LogP contribution is -2.44. The Hall–Kier alpha value is -1.57. The summed E-state index contributed by atoms with van der Waals surface area (Å²) < 4.78 is 0. The monoisotopic (exact) mass is 331 g/mol. The topological polar surface area (TPSA) is 56.1 Å². The van der Waals surface area contributed by atoms with Gasteiger partial charge in [0.25, 0.3) is 0 Å². The van der Waals surface area contributed by atoms with Gasteiger partial charge in [0.15, 0.2) is 0 Å². The summed E-state index contributed by atoms with van der Waals surface area (Å²) in [5.41, 5.74) is 1.08. The molecule has 1 aromatic rings. The first kappa shape index (κ1) is 16.3. The summed E-state index contributed by atoms with van der Waals surface area (Å²) in [4.78, 5) is 14.5. The number of hydrogen-bond donors (Lipinski definition) is 1. The number of piperidine rings is 1. The van der Waals surface area contributed by atoms with Crippen molar-refractivity contribution in [3.05, 3.63) is 34.9 Å². The fourth-order valence-corrected chi connectivity index (χ4v) is 4.29. The van der Waals surface area contributed by atoms with E-state index in [1.54, 1.807) is 0 Å². The van der Waals surface area contributed by atoms with Crippen LogP contribution in [-0.2, 0) is 4.79 Å². The fourth-order valence-electron chi connectivity index (χ4n) is 4.17. The van der Waals surface area contributed by atoms with Crippen molar-refractivity contribution in [3.63, 3.8) is 0 Å². The van der Waals surface area contributed by atoms with Crippen molar-refractivity contribution in [1.29, 1.82) is 5.26 Å². The third kappa shape index (κ3) is 3.52. The SMILES string of the molecule is CN1[C@H]2CC[C@H]1CC([C@H](NC(=O)CC#N)c1ccc(Cl)cc1)C2. The molecule has 0 aliphatic carbocycles. The van der Waals surface area contributed by atoms with E-state index in [-0.39, 0.29) is 18.4 Å². The molecule has 1 aromatic carbocycles. The van der Waals surface area contributed by atoms with Gasteiger partial charge >= 0.3 is 0 Å². The zero-order valence-corrected chi connectivity index (χ0v) is 14.1. The quantitative estimate of drug-likeness (QED) is 0.921. The number of halogens is 1. The summed E-state index contributed by atoms with van der Waals surface area (Å²) in [6.45, 7) is 0. The van der Waals surface area contributed by atoms with Gasteiger partial charge in [0.05, 0.1) is 12.1 Å². The second-order valence-corrected chi connectivity index (χ2v) is 7.15. The van der Waals surface area contributed by atoms with Crippen LogP contribution in [0.2, 0.25) is 5.02 Å². The standard InChI is InChI=1S/C18H22ClN3O/c1-22-15-6-7-16(22)11-13(10-15)18(21-17(23)8-9-20)12-2-4-14(19)5-3-12/h2-5,13,15-16,18H,6-8,10-11H2,1H3,(H,21,23)/t15-,16-,18+/m0/s1. The van der Waals surface area contributed by atoms with E-state index >= 15 is 0 Å². The second-order valence-electron chi connectivity index (χ2n) is 6.71. The molecular formula is C18H22ClN3O. The number of fused-ring (bicyclic) bond motifs is 2. The first-order valence-corrected chi connectivity index (χ1v) is 8.60. The number of benzene rings is 1. The number of nitrogens with zero attached hydrogens (tertiary/aromatic N) is 2. The Labute approximate surface area is 142 Å².